The molecule has 2 amide bonds. The minimum atomic E-state index is -0.239. The molecule has 104 valence electrons. The highest BCUT2D eigenvalue weighted by Gasteiger charge is 2.29. The van der Waals surface area contributed by atoms with Crippen LogP contribution in [0.1, 0.15) is 39.5 Å². The molecule has 2 saturated heterocycles. The summed E-state index contributed by atoms with van der Waals surface area (Å²) in [5.74, 6) is 1.01. The Hall–Kier alpha value is -0.770. The van der Waals surface area contributed by atoms with Crippen LogP contribution in [-0.2, 0) is 0 Å². The Morgan fingerprint density at radius 2 is 1.83 bits per heavy atom. The van der Waals surface area contributed by atoms with Crippen LogP contribution < -0.4 is 0 Å². The summed E-state index contributed by atoms with van der Waals surface area (Å²) in [4.78, 5) is 16.3. The van der Waals surface area contributed by atoms with E-state index in [4.69, 9.17) is 0 Å². The standard InChI is InChI=1S/C14H26N2O2/c1-11-4-3-7-16(10-11)14(18)15-8-5-13(6-9-15)12(2)17/h11-13,17H,3-10H2,1-2H3. The van der Waals surface area contributed by atoms with Crippen LogP contribution >= 0.6 is 0 Å². The molecule has 4 nitrogen and oxygen atoms in total. The second-order valence-electron chi connectivity index (χ2n) is 6.04. The van der Waals surface area contributed by atoms with Crippen molar-refractivity contribution >= 4 is 6.03 Å². The van der Waals surface area contributed by atoms with Crippen LogP contribution in [0.25, 0.3) is 0 Å². The molecule has 2 heterocycles. The van der Waals surface area contributed by atoms with Crippen molar-refractivity contribution in [1.29, 1.82) is 0 Å². The van der Waals surface area contributed by atoms with Crippen molar-refractivity contribution in [2.24, 2.45) is 11.8 Å². The molecular formula is C14H26N2O2. The fourth-order valence-corrected chi connectivity index (χ4v) is 3.14. The second kappa shape index (κ2) is 5.91. The summed E-state index contributed by atoms with van der Waals surface area (Å²) in [5, 5.41) is 9.57. The molecule has 2 atom stereocenters. The molecule has 0 aromatic rings. The summed E-state index contributed by atoms with van der Waals surface area (Å²) in [6.07, 6.45) is 4.02. The number of aliphatic hydroxyl groups excluding tert-OH is 1. The van der Waals surface area contributed by atoms with Gasteiger partial charge in [-0.1, -0.05) is 6.92 Å². The number of nitrogens with zero attached hydrogens (tertiary/aromatic N) is 2. The number of carbonyl (C=O) groups is 1. The molecule has 0 aliphatic carbocycles. The molecule has 0 bridgehead atoms. The number of carbonyl (C=O) groups excluding carboxylic acids is 1. The Balaban J connectivity index is 1.83. The highest BCUT2D eigenvalue weighted by Crippen LogP contribution is 2.23. The maximum Gasteiger partial charge on any atom is 0.320 e. The number of likely N-dealkylation sites (tertiary alicyclic amines) is 2. The molecule has 4 heteroatoms. The van der Waals surface area contributed by atoms with Crippen LogP contribution in [0.2, 0.25) is 0 Å². The van der Waals surface area contributed by atoms with Gasteiger partial charge in [0.25, 0.3) is 0 Å². The van der Waals surface area contributed by atoms with Crippen LogP contribution in [0.15, 0.2) is 0 Å². The molecule has 0 spiro atoms. The Bertz CT molecular complexity index is 286. The summed E-state index contributed by atoms with van der Waals surface area (Å²) < 4.78 is 0. The van der Waals surface area contributed by atoms with E-state index < -0.39 is 0 Å². The van der Waals surface area contributed by atoms with Gasteiger partial charge in [0.15, 0.2) is 0 Å². The van der Waals surface area contributed by atoms with Crippen LogP contribution in [0.3, 0.4) is 0 Å². The third-order valence-corrected chi connectivity index (χ3v) is 4.42. The van der Waals surface area contributed by atoms with Gasteiger partial charge in [0, 0.05) is 26.2 Å². The highest BCUT2D eigenvalue weighted by atomic mass is 16.3. The first-order valence-corrected chi connectivity index (χ1v) is 7.30. The van der Waals surface area contributed by atoms with Crippen molar-refractivity contribution in [3.63, 3.8) is 0 Å². The van der Waals surface area contributed by atoms with E-state index in [-0.39, 0.29) is 12.1 Å². The first-order valence-electron chi connectivity index (χ1n) is 7.30. The molecule has 2 unspecified atom stereocenters. The molecule has 2 aliphatic heterocycles. The second-order valence-corrected chi connectivity index (χ2v) is 6.04. The van der Waals surface area contributed by atoms with Gasteiger partial charge in [-0.15, -0.1) is 0 Å². The molecule has 0 radical (unpaired) electrons. The predicted molar refractivity (Wildman–Crippen MR) is 71.3 cm³/mol. The van der Waals surface area contributed by atoms with Crippen molar-refractivity contribution in [2.75, 3.05) is 26.2 Å². The number of amides is 2. The molecule has 2 aliphatic rings. The average molecular weight is 254 g/mol. The van der Waals surface area contributed by atoms with E-state index in [9.17, 15) is 9.90 Å². The zero-order valence-corrected chi connectivity index (χ0v) is 11.6. The van der Waals surface area contributed by atoms with Gasteiger partial charge in [-0.25, -0.2) is 4.79 Å². The van der Waals surface area contributed by atoms with Crippen LogP contribution in [0.5, 0.6) is 0 Å². The fourth-order valence-electron chi connectivity index (χ4n) is 3.14. The van der Waals surface area contributed by atoms with Gasteiger partial charge < -0.3 is 14.9 Å². The lowest BCUT2D eigenvalue weighted by atomic mass is 9.92. The van der Waals surface area contributed by atoms with Crippen molar-refractivity contribution < 1.29 is 9.90 Å². The Labute approximate surface area is 110 Å². The van der Waals surface area contributed by atoms with E-state index in [1.807, 2.05) is 16.7 Å². The number of hydrogen-bond acceptors (Lipinski definition) is 2. The summed E-state index contributed by atoms with van der Waals surface area (Å²) >= 11 is 0. The third kappa shape index (κ3) is 3.16. The SMILES string of the molecule is CC1CCCN(C(=O)N2CCC(C(C)O)CC2)C1. The van der Waals surface area contributed by atoms with E-state index in [1.54, 1.807) is 0 Å². The number of aliphatic hydroxyl groups is 1. The third-order valence-electron chi connectivity index (χ3n) is 4.42. The number of piperidine rings is 2. The largest absolute Gasteiger partial charge is 0.393 e. The number of hydrogen-bond donors (Lipinski definition) is 1. The average Bonchev–Trinajstić information content (AvgIpc) is 2.38. The van der Waals surface area contributed by atoms with Crippen molar-refractivity contribution in [3.8, 4) is 0 Å². The smallest absolute Gasteiger partial charge is 0.320 e. The maximum atomic E-state index is 12.4. The molecule has 2 fully saturated rings. The lowest BCUT2D eigenvalue weighted by Gasteiger charge is -2.39. The quantitative estimate of drug-likeness (QED) is 0.777. The van der Waals surface area contributed by atoms with Gasteiger partial charge in [-0.3, -0.25) is 0 Å². The summed E-state index contributed by atoms with van der Waals surface area (Å²) in [6.45, 7) is 7.51. The zero-order valence-electron chi connectivity index (χ0n) is 11.6. The summed E-state index contributed by atoms with van der Waals surface area (Å²) in [7, 11) is 0. The summed E-state index contributed by atoms with van der Waals surface area (Å²) in [5.41, 5.74) is 0. The van der Waals surface area contributed by atoms with Crippen molar-refractivity contribution in [1.82, 2.24) is 9.80 Å². The molecule has 0 aromatic heterocycles. The Morgan fingerprint density at radius 3 is 2.39 bits per heavy atom. The first-order chi connectivity index (χ1) is 8.58. The van der Waals surface area contributed by atoms with Gasteiger partial charge in [0.05, 0.1) is 6.10 Å². The van der Waals surface area contributed by atoms with Gasteiger partial charge in [-0.2, -0.15) is 0 Å². The van der Waals surface area contributed by atoms with E-state index in [0.29, 0.717) is 11.8 Å². The van der Waals surface area contributed by atoms with E-state index in [1.165, 1.54) is 6.42 Å². The normalized spacial score (nSPS) is 28.3. The van der Waals surface area contributed by atoms with Gasteiger partial charge in [-0.05, 0) is 44.4 Å². The molecular weight excluding hydrogens is 228 g/mol. The Kier molecular flexibility index (Phi) is 4.49. The molecule has 0 saturated carbocycles. The van der Waals surface area contributed by atoms with E-state index in [0.717, 1.165) is 45.4 Å². The lowest BCUT2D eigenvalue weighted by Crippen LogP contribution is -2.50. The number of urea groups is 1. The molecule has 18 heavy (non-hydrogen) atoms. The van der Waals surface area contributed by atoms with E-state index in [2.05, 4.69) is 6.92 Å². The zero-order chi connectivity index (χ0) is 13.1. The summed E-state index contributed by atoms with van der Waals surface area (Å²) in [6, 6.07) is 0.214. The van der Waals surface area contributed by atoms with Crippen molar-refractivity contribution in [2.45, 2.75) is 45.6 Å². The van der Waals surface area contributed by atoms with Crippen molar-refractivity contribution in [3.05, 3.63) is 0 Å². The monoisotopic (exact) mass is 254 g/mol. The fraction of sp³-hybridized carbons (Fsp3) is 0.929. The van der Waals surface area contributed by atoms with Crippen LogP contribution in [-0.4, -0.2) is 53.2 Å². The van der Waals surface area contributed by atoms with Crippen LogP contribution in [0.4, 0.5) is 4.79 Å². The first kappa shape index (κ1) is 13.7. The van der Waals surface area contributed by atoms with E-state index >= 15 is 0 Å². The maximum absolute atomic E-state index is 12.4. The number of rotatable bonds is 1. The molecule has 2 rings (SSSR count). The molecule has 1 N–H and O–H groups in total. The lowest BCUT2D eigenvalue weighted by molar-refractivity contribution is 0.0679. The van der Waals surface area contributed by atoms with Gasteiger partial charge in [0.2, 0.25) is 0 Å². The minimum Gasteiger partial charge on any atom is -0.393 e. The van der Waals surface area contributed by atoms with Crippen LogP contribution in [0, 0.1) is 11.8 Å². The van der Waals surface area contributed by atoms with Gasteiger partial charge >= 0.3 is 6.03 Å². The Morgan fingerprint density at radius 1 is 1.17 bits per heavy atom. The highest BCUT2D eigenvalue weighted by molar-refractivity contribution is 5.74. The minimum absolute atomic E-state index is 0.214. The topological polar surface area (TPSA) is 43.8 Å². The predicted octanol–water partition coefficient (Wildman–Crippen LogP) is 1.93. The molecule has 0 aromatic carbocycles. The van der Waals surface area contributed by atoms with Gasteiger partial charge in [0.1, 0.15) is 0 Å².